The number of hydrogen-bond acceptors (Lipinski definition) is 0. The fourth-order valence-electron chi connectivity index (χ4n) is 1.13. The van der Waals surface area contributed by atoms with E-state index in [1.807, 2.05) is 0 Å². The van der Waals surface area contributed by atoms with Crippen LogP contribution in [0.25, 0.3) is 0 Å². The second-order valence-electron chi connectivity index (χ2n) is 4.44. The molecule has 0 saturated carbocycles. The molecule has 1 heteroatoms. The molecule has 0 fully saturated rings. The van der Waals surface area contributed by atoms with Gasteiger partial charge in [-0.25, -0.2) is 0 Å². The maximum absolute atomic E-state index is 3.39. The van der Waals surface area contributed by atoms with E-state index in [0.717, 1.165) is 12.8 Å². The highest BCUT2D eigenvalue weighted by Gasteiger charge is 2.13. The number of unbranched alkanes of at least 4 members (excludes halogenated alkanes) is 4. The predicted molar refractivity (Wildman–Crippen MR) is 72.1 cm³/mol. The Kier molecular flexibility index (Phi) is 8.25. The maximum Gasteiger partial charge on any atom is 0.210 e. The second-order valence-corrected chi connectivity index (χ2v) is 8.19. The van der Waals surface area contributed by atoms with Crippen molar-refractivity contribution in [3.05, 3.63) is 0 Å². The second kappa shape index (κ2) is 8.63. The molecular weight excluding hydrogens is 196 g/mol. The molecule has 0 aliphatic heterocycles. The quantitative estimate of drug-likeness (QED) is 0.379. The molecule has 0 N–H and O–H groups in total. The fraction of sp³-hybridized carbons (Fsp3) is 0.714. The molecule has 84 valence electrons. The third kappa shape index (κ3) is 9.64. The van der Waals surface area contributed by atoms with Crippen LogP contribution in [-0.4, -0.2) is 8.07 Å². The Bertz CT molecular complexity index is 239. The zero-order valence-electron chi connectivity index (χ0n) is 10.7. The molecule has 0 aliphatic carbocycles. The van der Waals surface area contributed by atoms with E-state index >= 15 is 0 Å². The highest BCUT2D eigenvalue weighted by atomic mass is 28.3. The van der Waals surface area contributed by atoms with Crippen molar-refractivity contribution in [3.63, 3.8) is 0 Å². The van der Waals surface area contributed by atoms with Crippen LogP contribution in [0.15, 0.2) is 0 Å². The van der Waals surface area contributed by atoms with Gasteiger partial charge < -0.3 is 0 Å². The minimum Gasteiger partial charge on any atom is -0.116 e. The highest BCUT2D eigenvalue weighted by molar-refractivity contribution is 6.92. The monoisotopic (exact) mass is 220 g/mol. The van der Waals surface area contributed by atoms with Crippen LogP contribution < -0.4 is 0 Å². The first-order valence-electron chi connectivity index (χ1n) is 6.12. The van der Waals surface area contributed by atoms with E-state index in [0.29, 0.717) is 0 Å². The van der Waals surface area contributed by atoms with Gasteiger partial charge in [0.1, 0.15) is 0 Å². The van der Waals surface area contributed by atoms with Gasteiger partial charge in [0.2, 0.25) is 8.07 Å². The average molecular weight is 220 g/mol. The summed E-state index contributed by atoms with van der Waals surface area (Å²) < 4.78 is 0. The Balaban J connectivity index is 4.01. The van der Waals surface area contributed by atoms with Crippen molar-refractivity contribution in [1.82, 2.24) is 0 Å². The third-order valence-corrected chi connectivity index (χ3v) is 3.72. The van der Waals surface area contributed by atoms with Gasteiger partial charge in [-0.2, -0.15) is 0 Å². The molecule has 0 aromatic rings. The topological polar surface area (TPSA) is 0 Å². The molecule has 15 heavy (non-hydrogen) atoms. The van der Waals surface area contributed by atoms with Gasteiger partial charge in [-0.1, -0.05) is 26.7 Å². The van der Waals surface area contributed by atoms with Gasteiger partial charge in [-0.05, 0) is 25.9 Å². The van der Waals surface area contributed by atoms with Crippen LogP contribution in [0.3, 0.4) is 0 Å². The molecular formula is C14H24Si. The zero-order valence-corrected chi connectivity index (χ0v) is 11.7. The van der Waals surface area contributed by atoms with Crippen LogP contribution in [0.1, 0.15) is 52.4 Å². The summed E-state index contributed by atoms with van der Waals surface area (Å²) in [7, 11) is -1.53. The molecule has 0 bridgehead atoms. The van der Waals surface area contributed by atoms with Gasteiger partial charge in [-0.15, -0.1) is 22.9 Å². The molecule has 0 heterocycles. The molecule has 0 rings (SSSR count). The minimum absolute atomic E-state index is 1.05. The largest absolute Gasteiger partial charge is 0.210 e. The van der Waals surface area contributed by atoms with Crippen molar-refractivity contribution >= 4 is 8.07 Å². The Hall–Kier alpha value is -0.663. The highest BCUT2D eigenvalue weighted by Crippen LogP contribution is 2.00. The van der Waals surface area contributed by atoms with Crippen molar-refractivity contribution in [1.29, 1.82) is 0 Å². The molecule has 0 radical (unpaired) electrons. The molecule has 0 atom stereocenters. The molecule has 0 unspecified atom stereocenters. The summed E-state index contributed by atoms with van der Waals surface area (Å²) in [5.41, 5.74) is 6.77. The average Bonchev–Trinajstić information content (AvgIpc) is 2.20. The molecule has 0 aromatic carbocycles. The number of hydrogen-bond donors (Lipinski definition) is 0. The standard InChI is InChI=1S/C14H24Si/c1-5-7-9-11-13-15(3,4)14-12-10-8-6-2/h5-10H2,1-4H3. The molecule has 0 saturated heterocycles. The fourth-order valence-corrected chi connectivity index (χ4v) is 2.32. The zero-order chi connectivity index (χ0) is 11.6. The Morgan fingerprint density at radius 1 is 0.800 bits per heavy atom. The minimum atomic E-state index is -1.53. The maximum atomic E-state index is 3.39. The van der Waals surface area contributed by atoms with Gasteiger partial charge >= 0.3 is 0 Å². The van der Waals surface area contributed by atoms with Crippen molar-refractivity contribution in [2.75, 3.05) is 0 Å². The van der Waals surface area contributed by atoms with E-state index in [1.54, 1.807) is 0 Å². The number of rotatable bonds is 4. The lowest BCUT2D eigenvalue weighted by atomic mass is 10.3. The first-order valence-corrected chi connectivity index (χ1v) is 9.12. The van der Waals surface area contributed by atoms with E-state index in [9.17, 15) is 0 Å². The normalized spacial score (nSPS) is 9.87. The van der Waals surface area contributed by atoms with E-state index in [4.69, 9.17) is 0 Å². The summed E-state index contributed by atoms with van der Waals surface area (Å²) in [5.74, 6) is 6.55. The van der Waals surface area contributed by atoms with Crippen LogP contribution >= 0.6 is 0 Å². The van der Waals surface area contributed by atoms with Crippen molar-refractivity contribution in [2.24, 2.45) is 0 Å². The Morgan fingerprint density at radius 2 is 1.20 bits per heavy atom. The van der Waals surface area contributed by atoms with Crippen molar-refractivity contribution in [2.45, 2.75) is 65.5 Å². The van der Waals surface area contributed by atoms with Crippen LogP contribution in [0.5, 0.6) is 0 Å². The van der Waals surface area contributed by atoms with Gasteiger partial charge in [0.15, 0.2) is 0 Å². The first kappa shape index (κ1) is 14.3. The van der Waals surface area contributed by atoms with E-state index in [-0.39, 0.29) is 0 Å². The van der Waals surface area contributed by atoms with Crippen LogP contribution in [0.4, 0.5) is 0 Å². The summed E-state index contributed by atoms with van der Waals surface area (Å²) in [5, 5.41) is 0. The third-order valence-electron chi connectivity index (χ3n) is 2.11. The Morgan fingerprint density at radius 3 is 1.53 bits per heavy atom. The molecule has 0 nitrogen and oxygen atoms in total. The molecule has 0 spiro atoms. The summed E-state index contributed by atoms with van der Waals surface area (Å²) in [6.45, 7) is 8.89. The van der Waals surface area contributed by atoms with Gasteiger partial charge in [0.05, 0.1) is 0 Å². The SMILES string of the molecule is CCCCC#C[Si](C)(C)C#CCCCC. The van der Waals surface area contributed by atoms with Crippen LogP contribution in [-0.2, 0) is 0 Å². The predicted octanol–water partition coefficient (Wildman–Crippen LogP) is 4.16. The summed E-state index contributed by atoms with van der Waals surface area (Å²) in [4.78, 5) is 0. The lowest BCUT2D eigenvalue weighted by Gasteiger charge is -2.03. The molecule has 0 aliphatic rings. The molecule has 0 amide bonds. The lowest BCUT2D eigenvalue weighted by molar-refractivity contribution is 0.828. The van der Waals surface area contributed by atoms with Crippen LogP contribution in [0.2, 0.25) is 13.1 Å². The Labute approximate surface area is 96.9 Å². The first-order chi connectivity index (χ1) is 7.12. The lowest BCUT2D eigenvalue weighted by Crippen LogP contribution is -2.20. The van der Waals surface area contributed by atoms with E-state index < -0.39 is 8.07 Å². The van der Waals surface area contributed by atoms with E-state index in [2.05, 4.69) is 49.9 Å². The van der Waals surface area contributed by atoms with Gasteiger partial charge in [0.25, 0.3) is 0 Å². The summed E-state index contributed by atoms with van der Waals surface area (Å²) in [6, 6.07) is 0. The summed E-state index contributed by atoms with van der Waals surface area (Å²) >= 11 is 0. The van der Waals surface area contributed by atoms with Crippen LogP contribution in [0, 0.1) is 22.9 Å². The summed E-state index contributed by atoms with van der Waals surface area (Å²) in [6.07, 6.45) is 7.01. The van der Waals surface area contributed by atoms with Crippen molar-refractivity contribution < 1.29 is 0 Å². The molecule has 0 aromatic heterocycles. The van der Waals surface area contributed by atoms with Gasteiger partial charge in [0, 0.05) is 12.8 Å². The van der Waals surface area contributed by atoms with E-state index in [1.165, 1.54) is 25.7 Å². The smallest absolute Gasteiger partial charge is 0.116 e. The van der Waals surface area contributed by atoms with Crippen molar-refractivity contribution in [3.8, 4) is 22.9 Å². The van der Waals surface area contributed by atoms with Gasteiger partial charge in [-0.3, -0.25) is 0 Å².